The number of aryl methyl sites for hydroxylation is 2. The molecule has 0 N–H and O–H groups in total. The van der Waals surface area contributed by atoms with Crippen LogP contribution in [-0.4, -0.2) is 38.8 Å². The van der Waals surface area contributed by atoms with E-state index in [1.165, 1.54) is 22.3 Å². The number of fused-ring (bicyclic) bond motifs is 1. The molecule has 5 rings (SSSR count). The zero-order valence-corrected chi connectivity index (χ0v) is 18.6. The maximum atomic E-state index is 5.64. The largest absolute Gasteiger partial charge is 0.406 e. The monoisotopic (exact) mass is 424 g/mol. The minimum atomic E-state index is 0.476. The van der Waals surface area contributed by atoms with Gasteiger partial charge in [-0.2, -0.15) is 0 Å². The van der Waals surface area contributed by atoms with E-state index in [0.29, 0.717) is 18.5 Å². The molecule has 0 saturated carbocycles. The Hall–Kier alpha value is -4.00. The number of aromatic nitrogens is 5. The van der Waals surface area contributed by atoms with Gasteiger partial charge in [0.1, 0.15) is 12.2 Å². The number of benzene rings is 2. The van der Waals surface area contributed by atoms with Crippen LogP contribution in [0.25, 0.3) is 33.9 Å². The molecule has 0 aliphatic carbocycles. The van der Waals surface area contributed by atoms with Gasteiger partial charge in [0.25, 0.3) is 0 Å². The van der Waals surface area contributed by atoms with Gasteiger partial charge in [-0.3, -0.25) is 0 Å². The third kappa shape index (κ3) is 3.85. The fourth-order valence-corrected chi connectivity index (χ4v) is 3.56. The average molecular weight is 425 g/mol. The summed E-state index contributed by atoms with van der Waals surface area (Å²) in [6.07, 6.45) is 3.90. The van der Waals surface area contributed by atoms with Gasteiger partial charge < -0.3 is 13.9 Å². The van der Waals surface area contributed by atoms with E-state index in [0.717, 1.165) is 22.8 Å². The van der Waals surface area contributed by atoms with Crippen LogP contribution in [0.4, 0.5) is 6.01 Å². The van der Waals surface area contributed by atoms with Crippen molar-refractivity contribution in [2.24, 2.45) is 0 Å². The lowest BCUT2D eigenvalue weighted by Crippen LogP contribution is -2.08. The maximum absolute atomic E-state index is 5.64. The fourth-order valence-electron chi connectivity index (χ4n) is 3.56. The molecule has 1 aromatic heterocycles. The Morgan fingerprint density at radius 3 is 2.25 bits per heavy atom. The molecule has 2 aliphatic rings. The molecule has 0 amide bonds. The highest BCUT2D eigenvalue weighted by atomic mass is 16.4. The van der Waals surface area contributed by atoms with E-state index in [9.17, 15) is 0 Å². The molecule has 0 atom stereocenters. The minimum Gasteiger partial charge on any atom is -0.406 e. The Morgan fingerprint density at radius 2 is 1.53 bits per heavy atom. The summed E-state index contributed by atoms with van der Waals surface area (Å²) in [6.45, 7) is 4.75. The van der Waals surface area contributed by atoms with Crippen molar-refractivity contribution in [2.75, 3.05) is 19.0 Å². The molecular formula is C25H24N6O. The van der Waals surface area contributed by atoms with Crippen molar-refractivity contribution in [1.29, 1.82) is 0 Å². The van der Waals surface area contributed by atoms with Gasteiger partial charge in [0.2, 0.25) is 5.89 Å². The SMILES string of the molecule is Cc1ccc(-c2ccc(-c3nc4ccn(Cc5nnc(N(C)C)o5)cc-4n3)cc2)cc1C. The molecule has 3 aromatic rings. The maximum Gasteiger partial charge on any atom is 0.317 e. The molecule has 0 spiro atoms. The molecule has 0 radical (unpaired) electrons. The van der Waals surface area contributed by atoms with Crippen LogP contribution in [0, 0.1) is 13.8 Å². The first-order chi connectivity index (χ1) is 15.5. The number of nitrogens with zero attached hydrogens (tertiary/aromatic N) is 6. The van der Waals surface area contributed by atoms with Crippen LogP contribution in [0.15, 0.2) is 65.3 Å². The second-order valence-corrected chi connectivity index (χ2v) is 8.18. The molecule has 0 bridgehead atoms. The standard InChI is InChI=1S/C25H24N6O/c1-16-5-6-20(13-17(16)2)18-7-9-19(10-8-18)24-26-21-11-12-31(14-22(21)27-24)15-23-28-29-25(32-23)30(3)4/h5-14H,15H2,1-4H3. The Kier molecular flexibility index (Phi) is 4.93. The molecule has 0 saturated heterocycles. The van der Waals surface area contributed by atoms with Crippen LogP contribution >= 0.6 is 0 Å². The predicted octanol–water partition coefficient (Wildman–Crippen LogP) is 4.83. The van der Waals surface area contributed by atoms with Crippen molar-refractivity contribution in [1.82, 2.24) is 24.7 Å². The summed E-state index contributed by atoms with van der Waals surface area (Å²) in [6, 6.07) is 17.4. The first kappa shape index (κ1) is 19.9. The smallest absolute Gasteiger partial charge is 0.317 e. The molecule has 0 unspecified atom stereocenters. The molecule has 7 heteroatoms. The fraction of sp³-hybridized carbons (Fsp3) is 0.200. The first-order valence-corrected chi connectivity index (χ1v) is 10.5. The zero-order valence-electron chi connectivity index (χ0n) is 18.6. The third-order valence-corrected chi connectivity index (χ3v) is 5.57. The number of anilines is 1. The topological polar surface area (TPSA) is 72.9 Å². The van der Waals surface area contributed by atoms with Crippen molar-refractivity contribution in [3.63, 3.8) is 0 Å². The van der Waals surface area contributed by atoms with Gasteiger partial charge in [-0.25, -0.2) is 9.97 Å². The highest BCUT2D eigenvalue weighted by molar-refractivity contribution is 5.71. The van der Waals surface area contributed by atoms with E-state index in [1.54, 1.807) is 4.90 Å². The van der Waals surface area contributed by atoms with E-state index in [2.05, 4.69) is 66.5 Å². The summed E-state index contributed by atoms with van der Waals surface area (Å²) in [7, 11) is 3.73. The quantitative estimate of drug-likeness (QED) is 0.402. The van der Waals surface area contributed by atoms with Gasteiger partial charge in [0.15, 0.2) is 5.82 Å². The van der Waals surface area contributed by atoms with Crippen molar-refractivity contribution < 1.29 is 4.42 Å². The van der Waals surface area contributed by atoms with Crippen LogP contribution in [0.5, 0.6) is 0 Å². The van der Waals surface area contributed by atoms with Crippen molar-refractivity contribution in [3.8, 4) is 33.9 Å². The van der Waals surface area contributed by atoms with Crippen LogP contribution in [-0.2, 0) is 6.54 Å². The van der Waals surface area contributed by atoms with Crippen LogP contribution in [0.3, 0.4) is 0 Å². The molecule has 2 aliphatic heterocycles. The van der Waals surface area contributed by atoms with Gasteiger partial charge in [0, 0.05) is 32.1 Å². The summed E-state index contributed by atoms with van der Waals surface area (Å²) in [5.41, 5.74) is 7.67. The summed E-state index contributed by atoms with van der Waals surface area (Å²) >= 11 is 0. The predicted molar refractivity (Wildman–Crippen MR) is 125 cm³/mol. The number of imidazole rings is 1. The number of hydrogen-bond acceptors (Lipinski definition) is 6. The van der Waals surface area contributed by atoms with Crippen molar-refractivity contribution in [3.05, 3.63) is 77.9 Å². The Bertz CT molecular complexity index is 1350. The Balaban J connectivity index is 1.38. The second kappa shape index (κ2) is 7.92. The van der Waals surface area contributed by atoms with Crippen molar-refractivity contribution >= 4 is 6.01 Å². The van der Waals surface area contributed by atoms with E-state index >= 15 is 0 Å². The van der Waals surface area contributed by atoms with Crippen molar-refractivity contribution in [2.45, 2.75) is 20.4 Å². The van der Waals surface area contributed by atoms with Crippen LogP contribution < -0.4 is 4.90 Å². The average Bonchev–Trinajstić information content (AvgIpc) is 3.43. The summed E-state index contributed by atoms with van der Waals surface area (Å²) in [5, 5.41) is 8.12. The Morgan fingerprint density at radius 1 is 0.812 bits per heavy atom. The van der Waals surface area contributed by atoms with E-state index in [4.69, 9.17) is 14.4 Å². The van der Waals surface area contributed by atoms with Gasteiger partial charge in [-0.05, 0) is 42.2 Å². The van der Waals surface area contributed by atoms with E-state index < -0.39 is 0 Å². The first-order valence-electron chi connectivity index (χ1n) is 10.5. The summed E-state index contributed by atoms with van der Waals surface area (Å²) in [5.74, 6) is 1.26. The highest BCUT2D eigenvalue weighted by Crippen LogP contribution is 2.28. The molecule has 2 aromatic carbocycles. The molecule has 0 fully saturated rings. The van der Waals surface area contributed by atoms with Gasteiger partial charge >= 0.3 is 6.01 Å². The molecule has 160 valence electrons. The van der Waals surface area contributed by atoms with E-state index in [1.807, 2.05) is 37.1 Å². The van der Waals surface area contributed by atoms with Crippen LogP contribution in [0.2, 0.25) is 0 Å². The molecule has 3 heterocycles. The zero-order chi connectivity index (χ0) is 22.2. The second-order valence-electron chi connectivity index (χ2n) is 8.18. The normalized spacial score (nSPS) is 11.2. The molecular weight excluding hydrogens is 400 g/mol. The highest BCUT2D eigenvalue weighted by Gasteiger charge is 2.14. The number of rotatable bonds is 5. The lowest BCUT2D eigenvalue weighted by atomic mass is 9.99. The van der Waals surface area contributed by atoms with E-state index in [-0.39, 0.29) is 0 Å². The number of pyridine rings is 1. The molecule has 7 nitrogen and oxygen atoms in total. The van der Waals surface area contributed by atoms with Gasteiger partial charge in [-0.15, -0.1) is 5.10 Å². The van der Waals surface area contributed by atoms with Gasteiger partial charge in [-0.1, -0.05) is 47.6 Å². The number of hydrogen-bond donors (Lipinski definition) is 0. The lowest BCUT2D eigenvalue weighted by Gasteiger charge is -2.06. The molecule has 32 heavy (non-hydrogen) atoms. The Labute approximate surface area is 186 Å². The summed E-state index contributed by atoms with van der Waals surface area (Å²) in [4.78, 5) is 11.2. The van der Waals surface area contributed by atoms with Crippen LogP contribution in [0.1, 0.15) is 17.0 Å². The lowest BCUT2D eigenvalue weighted by molar-refractivity contribution is 0.478. The summed E-state index contributed by atoms with van der Waals surface area (Å²) < 4.78 is 7.61. The van der Waals surface area contributed by atoms with Gasteiger partial charge in [0.05, 0.1) is 5.69 Å². The minimum absolute atomic E-state index is 0.476. The third-order valence-electron chi connectivity index (χ3n) is 5.57.